The number of carboxylic acids is 1. The summed E-state index contributed by atoms with van der Waals surface area (Å²) in [4.78, 5) is 10.6. The Balaban J connectivity index is 3.10. The van der Waals surface area contributed by atoms with Gasteiger partial charge in [0.1, 0.15) is 5.56 Å². The highest BCUT2D eigenvalue weighted by Crippen LogP contribution is 2.29. The van der Waals surface area contributed by atoms with Gasteiger partial charge >= 0.3 is 5.97 Å². The zero-order valence-corrected chi connectivity index (χ0v) is 7.15. The number of ether oxygens (including phenoxy) is 1. The topological polar surface area (TPSA) is 66.8 Å². The Kier molecular flexibility index (Phi) is 2.74. The second-order valence-corrected chi connectivity index (χ2v) is 2.39. The van der Waals surface area contributed by atoms with Gasteiger partial charge in [-0.15, -0.1) is 0 Å². The molecule has 0 amide bonds. The number of phenols is 1. The highest BCUT2D eigenvalue weighted by Gasteiger charge is 2.12. The summed E-state index contributed by atoms with van der Waals surface area (Å²) in [6.07, 6.45) is 0. The predicted molar refractivity (Wildman–Crippen MR) is 46.2 cm³/mol. The van der Waals surface area contributed by atoms with E-state index in [2.05, 4.69) is 0 Å². The van der Waals surface area contributed by atoms with Crippen LogP contribution in [0.2, 0.25) is 0 Å². The molecule has 0 bridgehead atoms. The van der Waals surface area contributed by atoms with Crippen LogP contribution in [-0.4, -0.2) is 22.8 Å². The summed E-state index contributed by atoms with van der Waals surface area (Å²) in [6.45, 7) is 2.14. The third-order valence-electron chi connectivity index (χ3n) is 1.53. The molecular formula is C9H10O4. The SMILES string of the molecule is CCOc1cccc(C(=O)O)c1O. The molecule has 0 fully saturated rings. The molecule has 4 heteroatoms. The van der Waals surface area contributed by atoms with Crippen LogP contribution in [0.15, 0.2) is 18.2 Å². The molecule has 1 aromatic carbocycles. The van der Waals surface area contributed by atoms with E-state index in [0.29, 0.717) is 6.61 Å². The monoisotopic (exact) mass is 182 g/mol. The van der Waals surface area contributed by atoms with Gasteiger partial charge in [-0.3, -0.25) is 0 Å². The summed E-state index contributed by atoms with van der Waals surface area (Å²) in [5.41, 5.74) is -0.147. The maximum absolute atomic E-state index is 10.6. The van der Waals surface area contributed by atoms with Crippen molar-refractivity contribution in [2.45, 2.75) is 6.92 Å². The lowest BCUT2D eigenvalue weighted by Crippen LogP contribution is -1.99. The van der Waals surface area contributed by atoms with Gasteiger partial charge in [0.05, 0.1) is 6.61 Å². The van der Waals surface area contributed by atoms with Crippen LogP contribution in [0.5, 0.6) is 11.5 Å². The number of benzene rings is 1. The Hall–Kier alpha value is -1.71. The molecule has 0 saturated heterocycles. The first-order valence-electron chi connectivity index (χ1n) is 3.85. The summed E-state index contributed by atoms with van der Waals surface area (Å²) in [6, 6.07) is 4.36. The number of carboxylic acid groups (broad SMARTS) is 1. The molecule has 0 aromatic heterocycles. The van der Waals surface area contributed by atoms with E-state index in [0.717, 1.165) is 0 Å². The highest BCUT2D eigenvalue weighted by molar-refractivity contribution is 5.91. The molecule has 0 unspecified atom stereocenters. The molecule has 0 aliphatic rings. The second kappa shape index (κ2) is 3.80. The number of carbonyl (C=O) groups is 1. The van der Waals surface area contributed by atoms with E-state index in [9.17, 15) is 9.90 Å². The van der Waals surface area contributed by atoms with Crippen LogP contribution in [0, 0.1) is 0 Å². The Bertz CT molecular complexity index is 319. The number of hydrogen-bond acceptors (Lipinski definition) is 3. The van der Waals surface area contributed by atoms with E-state index in [1.54, 1.807) is 6.92 Å². The molecule has 1 rings (SSSR count). The van der Waals surface area contributed by atoms with Gasteiger partial charge < -0.3 is 14.9 Å². The minimum absolute atomic E-state index is 0.147. The van der Waals surface area contributed by atoms with Crippen molar-refractivity contribution in [1.82, 2.24) is 0 Å². The van der Waals surface area contributed by atoms with Crippen molar-refractivity contribution in [3.05, 3.63) is 23.8 Å². The second-order valence-electron chi connectivity index (χ2n) is 2.39. The Labute approximate surface area is 75.4 Å². The summed E-state index contributed by atoms with van der Waals surface area (Å²) in [7, 11) is 0. The van der Waals surface area contributed by atoms with Gasteiger partial charge in [-0.2, -0.15) is 0 Å². The van der Waals surface area contributed by atoms with Crippen molar-refractivity contribution >= 4 is 5.97 Å². The Morgan fingerprint density at radius 2 is 2.23 bits per heavy atom. The summed E-state index contributed by atoms with van der Waals surface area (Å²) >= 11 is 0. The highest BCUT2D eigenvalue weighted by atomic mass is 16.5. The molecule has 0 radical (unpaired) electrons. The van der Waals surface area contributed by atoms with Gasteiger partial charge in [0, 0.05) is 0 Å². The lowest BCUT2D eigenvalue weighted by Gasteiger charge is -2.06. The van der Waals surface area contributed by atoms with Gasteiger partial charge in [-0.05, 0) is 19.1 Å². The van der Waals surface area contributed by atoms with Crippen molar-refractivity contribution in [3.8, 4) is 11.5 Å². The first-order valence-corrected chi connectivity index (χ1v) is 3.85. The van der Waals surface area contributed by atoms with Crippen molar-refractivity contribution in [2.75, 3.05) is 6.61 Å². The van der Waals surface area contributed by atoms with Gasteiger partial charge in [-0.25, -0.2) is 4.79 Å². The van der Waals surface area contributed by atoms with E-state index in [-0.39, 0.29) is 17.1 Å². The van der Waals surface area contributed by atoms with Crippen LogP contribution < -0.4 is 4.74 Å². The minimum Gasteiger partial charge on any atom is -0.504 e. The first-order chi connectivity index (χ1) is 6.16. The summed E-state index contributed by atoms with van der Waals surface area (Å²) < 4.78 is 5.01. The van der Waals surface area contributed by atoms with E-state index in [1.165, 1.54) is 18.2 Å². The van der Waals surface area contributed by atoms with E-state index >= 15 is 0 Å². The lowest BCUT2D eigenvalue weighted by molar-refractivity contribution is 0.0693. The van der Waals surface area contributed by atoms with Crippen molar-refractivity contribution < 1.29 is 19.7 Å². The molecule has 4 nitrogen and oxygen atoms in total. The minimum atomic E-state index is -1.17. The van der Waals surface area contributed by atoms with Gasteiger partial charge in [0.15, 0.2) is 11.5 Å². The zero-order chi connectivity index (χ0) is 9.84. The number of aromatic carboxylic acids is 1. The number of rotatable bonds is 3. The van der Waals surface area contributed by atoms with E-state index in [4.69, 9.17) is 9.84 Å². The fraction of sp³-hybridized carbons (Fsp3) is 0.222. The van der Waals surface area contributed by atoms with Crippen LogP contribution >= 0.6 is 0 Å². The first kappa shape index (κ1) is 9.38. The number of hydrogen-bond donors (Lipinski definition) is 2. The van der Waals surface area contributed by atoms with Crippen LogP contribution in [0.25, 0.3) is 0 Å². The maximum Gasteiger partial charge on any atom is 0.339 e. The molecule has 0 saturated carbocycles. The third kappa shape index (κ3) is 1.90. The van der Waals surface area contributed by atoms with Crippen LogP contribution in [0.4, 0.5) is 0 Å². The van der Waals surface area contributed by atoms with E-state index in [1.807, 2.05) is 0 Å². The maximum atomic E-state index is 10.6. The molecule has 1 aromatic rings. The fourth-order valence-corrected chi connectivity index (χ4v) is 0.967. The molecule has 0 aliphatic heterocycles. The quantitative estimate of drug-likeness (QED) is 0.743. The normalized spacial score (nSPS) is 9.62. The van der Waals surface area contributed by atoms with Crippen molar-refractivity contribution in [3.63, 3.8) is 0 Å². The lowest BCUT2D eigenvalue weighted by atomic mass is 10.2. The number of aromatic hydroxyl groups is 1. The van der Waals surface area contributed by atoms with Crippen molar-refractivity contribution in [2.24, 2.45) is 0 Å². The Morgan fingerprint density at radius 1 is 1.54 bits per heavy atom. The standard InChI is InChI=1S/C9H10O4/c1-2-13-7-5-3-4-6(8(7)10)9(11)12/h3-5,10H,2H2,1H3,(H,11,12). The predicted octanol–water partition coefficient (Wildman–Crippen LogP) is 1.49. The van der Waals surface area contributed by atoms with Crippen LogP contribution in [-0.2, 0) is 0 Å². The fourth-order valence-electron chi connectivity index (χ4n) is 0.967. The summed E-state index contributed by atoms with van der Waals surface area (Å²) in [5.74, 6) is -1.29. The van der Waals surface area contributed by atoms with Crippen LogP contribution in [0.3, 0.4) is 0 Å². The third-order valence-corrected chi connectivity index (χ3v) is 1.53. The number of para-hydroxylation sites is 1. The Morgan fingerprint density at radius 3 is 2.77 bits per heavy atom. The van der Waals surface area contributed by atoms with Gasteiger partial charge in [0.2, 0.25) is 0 Å². The zero-order valence-electron chi connectivity index (χ0n) is 7.15. The van der Waals surface area contributed by atoms with Crippen LogP contribution in [0.1, 0.15) is 17.3 Å². The average Bonchev–Trinajstić information content (AvgIpc) is 2.08. The van der Waals surface area contributed by atoms with Gasteiger partial charge in [0.25, 0.3) is 0 Å². The molecule has 0 atom stereocenters. The molecule has 70 valence electrons. The van der Waals surface area contributed by atoms with Crippen molar-refractivity contribution in [1.29, 1.82) is 0 Å². The largest absolute Gasteiger partial charge is 0.504 e. The molecular weight excluding hydrogens is 172 g/mol. The molecule has 2 N–H and O–H groups in total. The molecule has 0 aliphatic carbocycles. The molecule has 0 spiro atoms. The van der Waals surface area contributed by atoms with E-state index < -0.39 is 5.97 Å². The smallest absolute Gasteiger partial charge is 0.339 e. The average molecular weight is 182 g/mol. The van der Waals surface area contributed by atoms with Gasteiger partial charge in [-0.1, -0.05) is 6.07 Å². The summed E-state index contributed by atoms with van der Waals surface area (Å²) in [5, 5.41) is 18.0. The molecule has 13 heavy (non-hydrogen) atoms. The molecule has 0 heterocycles.